The molecule has 11 heteroatoms. The first-order valence-corrected chi connectivity index (χ1v) is 12.7. The van der Waals surface area contributed by atoms with Gasteiger partial charge in [-0.3, -0.25) is 19.3 Å². The standard InChI is InChI=1S/C29H30N4O7/c1-31-12-32-15-6-4-13(5-7-15)16-8-9-19(34)21-17(16)10-14-11-18-23(33(2)3)25(36)22(28(30)39)27(38)29(18,40)26(37)20(14)24(21)35/h4-9,12,14,18,23,34,36-37,40H,10-11H2,1-3H3,(H2,30,39)(H,31,32)/t14-,18+,23-,29+/m1/s1. The molecule has 0 saturated carbocycles. The van der Waals surface area contributed by atoms with Gasteiger partial charge in [-0.1, -0.05) is 18.2 Å². The Labute approximate surface area is 230 Å². The number of primary amides is 1. The van der Waals surface area contributed by atoms with Gasteiger partial charge in [0, 0.05) is 18.5 Å². The molecule has 0 radical (unpaired) electrons. The number of aliphatic hydroxyl groups is 3. The number of hydrogen-bond acceptors (Lipinski definition) is 9. The number of phenolic OH excluding ortho intramolecular Hbond substituents is 1. The molecule has 1 amide bonds. The third-order valence-electron chi connectivity index (χ3n) is 8.13. The molecule has 3 aliphatic rings. The van der Waals surface area contributed by atoms with Crippen LogP contribution in [-0.4, -0.2) is 81.9 Å². The number of ketones is 2. The van der Waals surface area contributed by atoms with Crippen molar-refractivity contribution in [3.05, 3.63) is 70.2 Å². The van der Waals surface area contributed by atoms with Crippen molar-refractivity contribution >= 4 is 29.5 Å². The molecule has 4 atom stereocenters. The van der Waals surface area contributed by atoms with Crippen LogP contribution in [0, 0.1) is 11.8 Å². The van der Waals surface area contributed by atoms with Crippen molar-refractivity contribution in [2.75, 3.05) is 21.1 Å². The Kier molecular flexibility index (Phi) is 6.51. The highest BCUT2D eigenvalue weighted by Gasteiger charge is 2.63. The van der Waals surface area contributed by atoms with Crippen molar-refractivity contribution < 1.29 is 34.8 Å². The molecule has 0 aliphatic heterocycles. The van der Waals surface area contributed by atoms with Crippen LogP contribution in [0.15, 0.2) is 64.1 Å². The molecule has 2 aromatic carbocycles. The Balaban J connectivity index is 1.66. The van der Waals surface area contributed by atoms with Gasteiger partial charge < -0.3 is 31.5 Å². The van der Waals surface area contributed by atoms with E-state index in [1.807, 2.05) is 24.3 Å². The summed E-state index contributed by atoms with van der Waals surface area (Å²) in [6, 6.07) is 9.37. The first kappa shape index (κ1) is 27.1. The smallest absolute Gasteiger partial charge is 0.255 e. The van der Waals surface area contributed by atoms with Gasteiger partial charge in [0.1, 0.15) is 22.8 Å². The van der Waals surface area contributed by atoms with E-state index in [0.717, 1.165) is 5.56 Å². The minimum Gasteiger partial charge on any atom is -0.510 e. The number of carbonyl (C=O) groups is 3. The molecule has 0 saturated heterocycles. The largest absolute Gasteiger partial charge is 0.510 e. The number of phenols is 1. The van der Waals surface area contributed by atoms with Gasteiger partial charge >= 0.3 is 0 Å². The van der Waals surface area contributed by atoms with E-state index in [2.05, 4.69) is 10.3 Å². The van der Waals surface area contributed by atoms with Crippen LogP contribution in [0.3, 0.4) is 0 Å². The van der Waals surface area contributed by atoms with Gasteiger partial charge in [-0.05, 0) is 67.7 Å². The summed E-state index contributed by atoms with van der Waals surface area (Å²) in [7, 11) is 4.92. The molecule has 208 valence electrons. The number of hydrogen-bond donors (Lipinski definition) is 6. The molecule has 7 N–H and O–H groups in total. The van der Waals surface area contributed by atoms with E-state index in [4.69, 9.17) is 5.73 Å². The fraction of sp³-hybridized carbons (Fsp3) is 0.310. The minimum atomic E-state index is -2.67. The molecule has 0 heterocycles. The van der Waals surface area contributed by atoms with Gasteiger partial charge in [-0.2, -0.15) is 0 Å². The second-order valence-electron chi connectivity index (χ2n) is 10.5. The van der Waals surface area contributed by atoms with Crippen LogP contribution in [0.2, 0.25) is 0 Å². The first-order valence-electron chi connectivity index (χ1n) is 12.7. The number of likely N-dealkylation sites (N-methyl/N-ethyl adjacent to an activating group) is 1. The Morgan fingerprint density at radius 2 is 1.80 bits per heavy atom. The first-order chi connectivity index (χ1) is 18.9. The molecule has 0 bridgehead atoms. The summed E-state index contributed by atoms with van der Waals surface area (Å²) in [5.74, 6) is -6.76. The number of nitrogens with one attached hydrogen (secondary N) is 1. The molecule has 0 fully saturated rings. The molecular formula is C29H30N4O7. The number of aliphatic hydroxyl groups excluding tert-OH is 2. The number of fused-ring (bicyclic) bond motifs is 3. The minimum absolute atomic E-state index is 0.0263. The van der Waals surface area contributed by atoms with Crippen LogP contribution >= 0.6 is 0 Å². The van der Waals surface area contributed by atoms with Crippen LogP contribution < -0.4 is 11.1 Å². The molecule has 40 heavy (non-hydrogen) atoms. The maximum absolute atomic E-state index is 13.9. The lowest BCUT2D eigenvalue weighted by Crippen LogP contribution is -2.63. The topological polar surface area (TPSA) is 186 Å². The Morgan fingerprint density at radius 1 is 1.12 bits per heavy atom. The predicted molar refractivity (Wildman–Crippen MR) is 146 cm³/mol. The number of Topliss-reactive ketones (excluding diaryl/α,β-unsaturated/α-hetero) is 2. The van der Waals surface area contributed by atoms with Crippen LogP contribution in [0.25, 0.3) is 11.1 Å². The van der Waals surface area contributed by atoms with E-state index < -0.39 is 58.0 Å². The number of allylic oxidation sites excluding steroid dienone is 1. The summed E-state index contributed by atoms with van der Waals surface area (Å²) < 4.78 is 0. The van der Waals surface area contributed by atoms with Crippen molar-refractivity contribution in [1.29, 1.82) is 0 Å². The molecular weight excluding hydrogens is 516 g/mol. The molecule has 0 spiro atoms. The number of amides is 1. The zero-order valence-electron chi connectivity index (χ0n) is 22.2. The summed E-state index contributed by atoms with van der Waals surface area (Å²) >= 11 is 0. The monoisotopic (exact) mass is 546 g/mol. The van der Waals surface area contributed by atoms with Crippen molar-refractivity contribution in [3.8, 4) is 16.9 Å². The summed E-state index contributed by atoms with van der Waals surface area (Å²) in [6.07, 6.45) is 1.79. The summed E-state index contributed by atoms with van der Waals surface area (Å²) in [6.45, 7) is 0. The quantitative estimate of drug-likeness (QED) is 0.184. The second-order valence-corrected chi connectivity index (χ2v) is 10.5. The Morgan fingerprint density at radius 3 is 2.40 bits per heavy atom. The number of rotatable bonds is 5. The number of carbonyl (C=O) groups excluding carboxylic acids is 3. The molecule has 11 nitrogen and oxygen atoms in total. The highest BCUT2D eigenvalue weighted by Crippen LogP contribution is 2.53. The maximum Gasteiger partial charge on any atom is 0.255 e. The zero-order chi connectivity index (χ0) is 29.1. The summed E-state index contributed by atoms with van der Waals surface area (Å²) in [5, 5.41) is 47.6. The SMILES string of the molecule is CN/C=N\c1ccc(-c2ccc(O)c3c2C[C@@H]2C[C@H]4[C@@H](N(C)C)C(O)=C(C(N)=O)C(=O)[C@@]4(O)C(O)=C2C3=O)cc1. The van der Waals surface area contributed by atoms with E-state index in [9.17, 15) is 34.8 Å². The highest BCUT2D eigenvalue weighted by molar-refractivity contribution is 6.24. The van der Waals surface area contributed by atoms with E-state index in [-0.39, 0.29) is 29.7 Å². The fourth-order valence-corrected chi connectivity index (χ4v) is 6.39. The Hall–Kier alpha value is -4.48. The van der Waals surface area contributed by atoms with Gasteiger partial charge in [0.2, 0.25) is 5.78 Å². The maximum atomic E-state index is 13.9. The van der Waals surface area contributed by atoms with Gasteiger partial charge in [0.15, 0.2) is 11.4 Å². The van der Waals surface area contributed by atoms with Gasteiger partial charge in [-0.25, -0.2) is 4.99 Å². The van der Waals surface area contributed by atoms with Crippen molar-refractivity contribution in [2.45, 2.75) is 24.5 Å². The van der Waals surface area contributed by atoms with E-state index >= 15 is 0 Å². The lowest BCUT2D eigenvalue weighted by Gasteiger charge is -2.50. The summed E-state index contributed by atoms with van der Waals surface area (Å²) in [4.78, 5) is 45.1. The molecule has 5 rings (SSSR count). The third kappa shape index (κ3) is 3.81. The normalized spacial score (nSPS) is 26.2. The van der Waals surface area contributed by atoms with Crippen LogP contribution in [-0.2, 0) is 16.0 Å². The van der Waals surface area contributed by atoms with Gasteiger partial charge in [-0.15, -0.1) is 0 Å². The molecule has 0 aromatic heterocycles. The lowest BCUT2D eigenvalue weighted by molar-refractivity contribution is -0.148. The molecule has 3 aliphatic carbocycles. The van der Waals surface area contributed by atoms with Crippen molar-refractivity contribution in [3.63, 3.8) is 0 Å². The highest BCUT2D eigenvalue weighted by atomic mass is 16.3. The fourth-order valence-electron chi connectivity index (χ4n) is 6.39. The second kappa shape index (κ2) is 9.61. The molecule has 0 unspecified atom stereocenters. The average molecular weight is 547 g/mol. The number of benzene rings is 2. The van der Waals surface area contributed by atoms with Gasteiger partial charge in [0.05, 0.1) is 23.6 Å². The number of nitrogens with zero attached hydrogens (tertiary/aromatic N) is 2. The van der Waals surface area contributed by atoms with E-state index in [1.165, 1.54) is 11.0 Å². The number of nitrogens with two attached hydrogens (primary N) is 1. The van der Waals surface area contributed by atoms with Crippen LogP contribution in [0.1, 0.15) is 22.3 Å². The third-order valence-corrected chi connectivity index (χ3v) is 8.13. The van der Waals surface area contributed by atoms with Crippen molar-refractivity contribution in [2.24, 2.45) is 22.6 Å². The molecule has 2 aromatic rings. The lowest BCUT2D eigenvalue weighted by atomic mass is 9.58. The van der Waals surface area contributed by atoms with Crippen LogP contribution in [0.4, 0.5) is 5.69 Å². The number of aliphatic imine (C=N–C) groups is 1. The van der Waals surface area contributed by atoms with Gasteiger partial charge in [0.25, 0.3) is 5.91 Å². The van der Waals surface area contributed by atoms with E-state index in [0.29, 0.717) is 16.8 Å². The van der Waals surface area contributed by atoms with Crippen molar-refractivity contribution in [1.82, 2.24) is 10.2 Å². The van der Waals surface area contributed by atoms with E-state index in [1.54, 1.807) is 33.5 Å². The average Bonchev–Trinajstić information content (AvgIpc) is 2.89. The van der Waals surface area contributed by atoms with Crippen LogP contribution in [0.5, 0.6) is 5.75 Å². The summed E-state index contributed by atoms with van der Waals surface area (Å²) in [5.41, 5.74) is 4.40. The Bertz CT molecular complexity index is 1540. The number of aromatic hydroxyl groups is 1. The predicted octanol–water partition coefficient (Wildman–Crippen LogP) is 1.67. The zero-order valence-corrected chi connectivity index (χ0v) is 22.2.